The maximum atomic E-state index is 9.22. The fourth-order valence-electron chi connectivity index (χ4n) is 1.64. The van der Waals surface area contributed by atoms with Gasteiger partial charge in [0.1, 0.15) is 5.15 Å². The molecule has 2 unspecified atom stereocenters. The smallest absolute Gasteiger partial charge is 0.129 e. The zero-order valence-electron chi connectivity index (χ0n) is 9.78. The molecule has 0 saturated carbocycles. The monoisotopic (exact) mass is 242 g/mol. The number of nitrogens with zero attached hydrogens (tertiary/aromatic N) is 1. The highest BCUT2D eigenvalue weighted by molar-refractivity contribution is 6.29. The average Bonchev–Trinajstić information content (AvgIpc) is 2.20. The predicted octanol–water partition coefficient (Wildman–Crippen LogP) is 2.23. The summed E-state index contributed by atoms with van der Waals surface area (Å²) in [4.78, 5) is 4.01. The summed E-state index contributed by atoms with van der Waals surface area (Å²) >= 11 is 5.69. The van der Waals surface area contributed by atoms with Gasteiger partial charge in [0.2, 0.25) is 0 Å². The second-order valence-electron chi connectivity index (χ2n) is 4.31. The highest BCUT2D eigenvalue weighted by atomic mass is 35.5. The summed E-state index contributed by atoms with van der Waals surface area (Å²) in [5, 5.41) is 13.1. The van der Waals surface area contributed by atoms with E-state index in [1.165, 1.54) is 0 Å². The fourth-order valence-corrected chi connectivity index (χ4v) is 1.75. The van der Waals surface area contributed by atoms with Gasteiger partial charge in [-0.15, -0.1) is 0 Å². The number of aliphatic hydroxyl groups is 1. The van der Waals surface area contributed by atoms with E-state index in [1.807, 2.05) is 13.0 Å². The second kappa shape index (κ2) is 6.84. The lowest BCUT2D eigenvalue weighted by molar-refractivity contribution is 0.163. The van der Waals surface area contributed by atoms with Crippen molar-refractivity contribution in [2.45, 2.75) is 32.9 Å². The molecule has 1 heterocycles. The van der Waals surface area contributed by atoms with E-state index in [2.05, 4.69) is 17.2 Å². The van der Waals surface area contributed by atoms with E-state index in [-0.39, 0.29) is 6.10 Å². The molecule has 0 aromatic carbocycles. The molecule has 1 aromatic rings. The molecule has 0 aliphatic carbocycles. The third kappa shape index (κ3) is 5.45. The first-order valence-electron chi connectivity index (χ1n) is 5.57. The van der Waals surface area contributed by atoms with Crippen LogP contribution < -0.4 is 5.32 Å². The number of aromatic nitrogens is 1. The molecule has 1 rings (SSSR count). The van der Waals surface area contributed by atoms with Crippen LogP contribution in [0.5, 0.6) is 0 Å². The van der Waals surface area contributed by atoms with Crippen molar-refractivity contribution in [3.05, 3.63) is 29.0 Å². The summed E-state index contributed by atoms with van der Waals surface area (Å²) in [6.07, 6.45) is 2.37. The minimum atomic E-state index is -0.228. The largest absolute Gasteiger partial charge is 0.393 e. The lowest BCUT2D eigenvalue weighted by Crippen LogP contribution is -2.23. The van der Waals surface area contributed by atoms with Crippen LogP contribution in [0.1, 0.15) is 25.8 Å². The predicted molar refractivity (Wildman–Crippen MR) is 66.4 cm³/mol. The van der Waals surface area contributed by atoms with Crippen LogP contribution in [-0.2, 0) is 6.54 Å². The van der Waals surface area contributed by atoms with E-state index < -0.39 is 0 Å². The van der Waals surface area contributed by atoms with Gasteiger partial charge in [-0.3, -0.25) is 0 Å². The maximum absolute atomic E-state index is 9.22. The van der Waals surface area contributed by atoms with Crippen molar-refractivity contribution in [3.8, 4) is 0 Å². The van der Waals surface area contributed by atoms with Crippen molar-refractivity contribution < 1.29 is 5.11 Å². The van der Waals surface area contributed by atoms with Gasteiger partial charge in [0.25, 0.3) is 0 Å². The van der Waals surface area contributed by atoms with Gasteiger partial charge >= 0.3 is 0 Å². The Kier molecular flexibility index (Phi) is 5.74. The van der Waals surface area contributed by atoms with E-state index in [9.17, 15) is 5.11 Å². The zero-order valence-corrected chi connectivity index (χ0v) is 10.5. The fraction of sp³-hybridized carbons (Fsp3) is 0.583. The molecule has 4 heteroatoms. The number of hydrogen-bond acceptors (Lipinski definition) is 3. The van der Waals surface area contributed by atoms with Gasteiger partial charge in [-0.25, -0.2) is 4.98 Å². The van der Waals surface area contributed by atoms with Gasteiger partial charge < -0.3 is 10.4 Å². The lowest BCUT2D eigenvalue weighted by Gasteiger charge is -2.14. The molecule has 0 aliphatic heterocycles. The molecule has 0 fully saturated rings. The molecule has 2 atom stereocenters. The molecule has 90 valence electrons. The first-order valence-corrected chi connectivity index (χ1v) is 5.95. The van der Waals surface area contributed by atoms with Gasteiger partial charge in [-0.1, -0.05) is 24.6 Å². The molecule has 2 N–H and O–H groups in total. The second-order valence-corrected chi connectivity index (χ2v) is 4.70. The van der Waals surface area contributed by atoms with Gasteiger partial charge in [0.15, 0.2) is 0 Å². The van der Waals surface area contributed by atoms with Crippen LogP contribution >= 0.6 is 11.6 Å². The molecule has 0 bridgehead atoms. The standard InChI is InChI=1S/C12H19ClN2O/c1-9(5-10(2)16)6-14-7-11-3-4-12(13)15-8-11/h3-4,8-10,14,16H,5-7H2,1-2H3. The molecule has 16 heavy (non-hydrogen) atoms. The van der Waals surface area contributed by atoms with Crippen molar-refractivity contribution in [3.63, 3.8) is 0 Å². The zero-order chi connectivity index (χ0) is 12.0. The van der Waals surface area contributed by atoms with Gasteiger partial charge in [-0.05, 0) is 37.4 Å². The van der Waals surface area contributed by atoms with E-state index in [0.717, 1.165) is 25.1 Å². The summed E-state index contributed by atoms with van der Waals surface area (Å²) in [7, 11) is 0. The molecule has 3 nitrogen and oxygen atoms in total. The van der Waals surface area contributed by atoms with Crippen LogP contribution in [0, 0.1) is 5.92 Å². The Bertz CT molecular complexity index is 300. The van der Waals surface area contributed by atoms with Crippen molar-refractivity contribution in [2.24, 2.45) is 5.92 Å². The van der Waals surface area contributed by atoms with Crippen LogP contribution in [0.25, 0.3) is 0 Å². The van der Waals surface area contributed by atoms with Crippen molar-refractivity contribution in [1.82, 2.24) is 10.3 Å². The van der Waals surface area contributed by atoms with Crippen LogP contribution in [0.15, 0.2) is 18.3 Å². The Balaban J connectivity index is 2.22. The summed E-state index contributed by atoms with van der Waals surface area (Å²) in [6, 6.07) is 3.75. The van der Waals surface area contributed by atoms with Crippen molar-refractivity contribution in [1.29, 1.82) is 0 Å². The summed E-state index contributed by atoms with van der Waals surface area (Å²) in [5.41, 5.74) is 1.12. The molecular weight excluding hydrogens is 224 g/mol. The van der Waals surface area contributed by atoms with Crippen LogP contribution in [0.4, 0.5) is 0 Å². The Morgan fingerprint density at radius 1 is 1.44 bits per heavy atom. The molecule has 0 saturated heterocycles. The first-order chi connectivity index (χ1) is 7.58. The normalized spacial score (nSPS) is 14.8. The van der Waals surface area contributed by atoms with Gasteiger partial charge in [0.05, 0.1) is 6.10 Å². The van der Waals surface area contributed by atoms with E-state index in [0.29, 0.717) is 11.1 Å². The minimum Gasteiger partial charge on any atom is -0.393 e. The quantitative estimate of drug-likeness (QED) is 0.752. The number of pyridine rings is 1. The van der Waals surface area contributed by atoms with Crippen LogP contribution in [0.3, 0.4) is 0 Å². The molecule has 0 radical (unpaired) electrons. The van der Waals surface area contributed by atoms with Crippen LogP contribution in [-0.4, -0.2) is 22.7 Å². The third-order valence-electron chi connectivity index (χ3n) is 2.35. The van der Waals surface area contributed by atoms with Crippen molar-refractivity contribution in [2.75, 3.05) is 6.54 Å². The lowest BCUT2D eigenvalue weighted by atomic mass is 10.0. The minimum absolute atomic E-state index is 0.228. The first kappa shape index (κ1) is 13.4. The highest BCUT2D eigenvalue weighted by Gasteiger charge is 2.05. The number of aliphatic hydroxyl groups excluding tert-OH is 1. The molecular formula is C12H19ClN2O. The Morgan fingerprint density at radius 3 is 2.75 bits per heavy atom. The molecule has 0 spiro atoms. The number of nitrogens with one attached hydrogen (secondary N) is 1. The molecule has 0 amide bonds. The number of halogens is 1. The summed E-state index contributed by atoms with van der Waals surface area (Å²) < 4.78 is 0. The van der Waals surface area contributed by atoms with E-state index in [1.54, 1.807) is 12.3 Å². The Labute approximate surface area is 102 Å². The molecule has 1 aromatic heterocycles. The average molecular weight is 243 g/mol. The third-order valence-corrected chi connectivity index (χ3v) is 2.58. The van der Waals surface area contributed by atoms with Crippen LogP contribution in [0.2, 0.25) is 5.15 Å². The maximum Gasteiger partial charge on any atom is 0.129 e. The SMILES string of the molecule is CC(O)CC(C)CNCc1ccc(Cl)nc1. The Hall–Kier alpha value is -0.640. The highest BCUT2D eigenvalue weighted by Crippen LogP contribution is 2.06. The topological polar surface area (TPSA) is 45.1 Å². The summed E-state index contributed by atoms with van der Waals surface area (Å²) in [6.45, 7) is 5.63. The molecule has 0 aliphatic rings. The van der Waals surface area contributed by atoms with Crippen molar-refractivity contribution >= 4 is 11.6 Å². The van der Waals surface area contributed by atoms with Gasteiger partial charge in [-0.2, -0.15) is 0 Å². The number of hydrogen-bond donors (Lipinski definition) is 2. The summed E-state index contributed by atoms with van der Waals surface area (Å²) in [5.74, 6) is 0.472. The Morgan fingerprint density at radius 2 is 2.19 bits per heavy atom. The number of rotatable bonds is 6. The van der Waals surface area contributed by atoms with E-state index in [4.69, 9.17) is 11.6 Å². The van der Waals surface area contributed by atoms with Gasteiger partial charge in [0, 0.05) is 12.7 Å². The van der Waals surface area contributed by atoms with E-state index >= 15 is 0 Å².